The van der Waals surface area contributed by atoms with Crippen LogP contribution in [0.25, 0.3) is 0 Å². The van der Waals surface area contributed by atoms with Gasteiger partial charge in [-0.2, -0.15) is 0 Å². The lowest BCUT2D eigenvalue weighted by Crippen LogP contribution is -2.24. The lowest BCUT2D eigenvalue weighted by atomic mass is 10.2. The second kappa shape index (κ2) is 9.22. The summed E-state index contributed by atoms with van der Waals surface area (Å²) in [5.41, 5.74) is 6.79. The van der Waals surface area contributed by atoms with E-state index in [1.165, 1.54) is 29.5 Å². The van der Waals surface area contributed by atoms with Crippen LogP contribution in [0.3, 0.4) is 0 Å². The molecule has 0 fully saturated rings. The van der Waals surface area contributed by atoms with Crippen LogP contribution in [0.1, 0.15) is 30.5 Å². The molecule has 2 aromatic rings. The molecule has 0 aliphatic rings. The molecule has 10 heteroatoms. The number of rotatable bonds is 5. The number of hydrogen-bond acceptors (Lipinski definition) is 4. The van der Waals surface area contributed by atoms with Gasteiger partial charge in [-0.25, -0.2) is 9.98 Å². The Morgan fingerprint density at radius 1 is 1.36 bits per heavy atom. The van der Waals surface area contributed by atoms with E-state index in [1.54, 1.807) is 6.07 Å². The summed E-state index contributed by atoms with van der Waals surface area (Å²) in [5, 5.41) is 5.34. The molecule has 25 heavy (non-hydrogen) atoms. The number of benzene rings is 1. The summed E-state index contributed by atoms with van der Waals surface area (Å²) in [6, 6.07) is 5.61. The predicted molar refractivity (Wildman–Crippen MR) is 104 cm³/mol. The molecular weight excluding hydrogens is 468 g/mol. The number of ether oxygens (including phenoxy) is 1. The quantitative estimate of drug-likeness (QED) is 0.365. The first-order chi connectivity index (χ1) is 11.2. The molecule has 0 saturated heterocycles. The van der Waals surface area contributed by atoms with Gasteiger partial charge in [-0.1, -0.05) is 26.0 Å². The highest BCUT2D eigenvalue weighted by molar-refractivity contribution is 14.0. The molecule has 0 aliphatic carbocycles. The zero-order valence-corrected chi connectivity index (χ0v) is 16.6. The summed E-state index contributed by atoms with van der Waals surface area (Å²) in [4.78, 5) is 8.50. The Kier molecular flexibility index (Phi) is 7.93. The molecule has 1 aromatic carbocycles. The van der Waals surface area contributed by atoms with Crippen LogP contribution >= 0.6 is 35.3 Å². The van der Waals surface area contributed by atoms with Crippen LogP contribution in [0.15, 0.2) is 34.6 Å². The van der Waals surface area contributed by atoms with Crippen molar-refractivity contribution in [1.29, 1.82) is 0 Å². The molecule has 1 heterocycles. The number of guanidine groups is 1. The first kappa shape index (κ1) is 21.5. The van der Waals surface area contributed by atoms with Crippen molar-refractivity contribution in [3.05, 3.63) is 40.3 Å². The Bertz CT molecular complexity index is 719. The monoisotopic (exact) mass is 486 g/mol. The van der Waals surface area contributed by atoms with Gasteiger partial charge in [0.05, 0.1) is 17.9 Å². The van der Waals surface area contributed by atoms with Crippen LogP contribution in [0.2, 0.25) is 0 Å². The highest BCUT2D eigenvalue weighted by Gasteiger charge is 2.32. The normalized spacial score (nSPS) is 12.0. The second-order valence-corrected chi connectivity index (χ2v) is 6.13. The lowest BCUT2D eigenvalue weighted by molar-refractivity contribution is -0.274. The number of para-hydroxylation sites is 2. The number of hydrogen-bond donors (Lipinski definition) is 2. The van der Waals surface area contributed by atoms with Gasteiger partial charge in [0.2, 0.25) is 0 Å². The highest BCUT2D eigenvalue weighted by Crippen LogP contribution is 2.29. The third-order valence-corrected chi connectivity index (χ3v) is 3.77. The predicted octanol–water partition coefficient (Wildman–Crippen LogP) is 4.71. The molecule has 2 rings (SSSR count). The Labute approximate surface area is 164 Å². The van der Waals surface area contributed by atoms with Crippen LogP contribution in [-0.4, -0.2) is 17.3 Å². The molecule has 1 aromatic heterocycles. The maximum atomic E-state index is 12.4. The first-order valence-corrected chi connectivity index (χ1v) is 7.98. The van der Waals surface area contributed by atoms with E-state index in [9.17, 15) is 13.2 Å². The van der Waals surface area contributed by atoms with Gasteiger partial charge < -0.3 is 15.8 Å². The third-order valence-electron chi connectivity index (χ3n) is 2.92. The van der Waals surface area contributed by atoms with E-state index in [-0.39, 0.29) is 47.9 Å². The molecular formula is C15H18F3IN4OS. The van der Waals surface area contributed by atoms with Gasteiger partial charge in [-0.3, -0.25) is 0 Å². The fraction of sp³-hybridized carbons (Fsp3) is 0.333. The van der Waals surface area contributed by atoms with Crippen molar-refractivity contribution in [2.75, 3.05) is 5.32 Å². The Balaban J connectivity index is 0.00000312. The number of nitrogens with zero attached hydrogens (tertiary/aromatic N) is 2. The summed E-state index contributed by atoms with van der Waals surface area (Å²) < 4.78 is 41.1. The van der Waals surface area contributed by atoms with E-state index in [2.05, 4.69) is 20.0 Å². The van der Waals surface area contributed by atoms with Gasteiger partial charge in [0.1, 0.15) is 5.01 Å². The van der Waals surface area contributed by atoms with Gasteiger partial charge in [0, 0.05) is 5.38 Å². The Morgan fingerprint density at radius 3 is 2.64 bits per heavy atom. The van der Waals surface area contributed by atoms with Crippen molar-refractivity contribution in [2.45, 2.75) is 32.7 Å². The first-order valence-electron chi connectivity index (χ1n) is 7.10. The van der Waals surface area contributed by atoms with Gasteiger partial charge in [0.15, 0.2) is 11.7 Å². The molecule has 0 radical (unpaired) electrons. The lowest BCUT2D eigenvalue weighted by Gasteiger charge is -2.13. The minimum absolute atomic E-state index is 0. The Morgan fingerprint density at radius 2 is 2.04 bits per heavy atom. The number of aromatic nitrogens is 1. The van der Waals surface area contributed by atoms with Gasteiger partial charge in [0.25, 0.3) is 0 Å². The van der Waals surface area contributed by atoms with Crippen LogP contribution in [0.4, 0.5) is 18.9 Å². The molecule has 0 aliphatic heterocycles. The summed E-state index contributed by atoms with van der Waals surface area (Å²) >= 11 is 1.46. The van der Waals surface area contributed by atoms with Crippen molar-refractivity contribution in [3.63, 3.8) is 0 Å². The fourth-order valence-electron chi connectivity index (χ4n) is 1.78. The van der Waals surface area contributed by atoms with Gasteiger partial charge in [-0.05, 0) is 18.1 Å². The van der Waals surface area contributed by atoms with Crippen molar-refractivity contribution in [3.8, 4) is 5.75 Å². The van der Waals surface area contributed by atoms with Crippen molar-refractivity contribution in [2.24, 2.45) is 10.7 Å². The van der Waals surface area contributed by atoms with Crippen LogP contribution < -0.4 is 15.8 Å². The number of nitrogens with one attached hydrogen (secondary N) is 1. The molecule has 3 N–H and O–H groups in total. The number of thiazole rings is 1. The van der Waals surface area contributed by atoms with Crippen molar-refractivity contribution in [1.82, 2.24) is 4.98 Å². The number of aliphatic imine (C=N–C) groups is 1. The maximum Gasteiger partial charge on any atom is 0.573 e. The van der Waals surface area contributed by atoms with Crippen LogP contribution in [-0.2, 0) is 6.54 Å². The zero-order valence-electron chi connectivity index (χ0n) is 13.5. The standard InChI is InChI=1S/C15H17F3N4OS.HI/c1-9(2)11-8-24-13(21-11)7-20-14(19)22-10-5-3-4-6-12(10)23-15(16,17)18;/h3-6,8-9H,7H2,1-2H3,(H3,19,20,22);1H. The third kappa shape index (κ3) is 7.06. The number of anilines is 1. The van der Waals surface area contributed by atoms with E-state index >= 15 is 0 Å². The largest absolute Gasteiger partial charge is 0.573 e. The van der Waals surface area contributed by atoms with Crippen molar-refractivity contribution >= 4 is 47.0 Å². The van der Waals surface area contributed by atoms with E-state index in [4.69, 9.17) is 5.73 Å². The summed E-state index contributed by atoms with van der Waals surface area (Å²) in [6.07, 6.45) is -4.78. The average molecular weight is 486 g/mol. The maximum absolute atomic E-state index is 12.4. The van der Waals surface area contributed by atoms with Crippen molar-refractivity contribution < 1.29 is 17.9 Å². The molecule has 0 amide bonds. The molecule has 0 spiro atoms. The van der Waals surface area contributed by atoms with E-state index < -0.39 is 6.36 Å². The number of nitrogens with two attached hydrogens (primary N) is 1. The van der Waals surface area contributed by atoms with E-state index in [1.807, 2.05) is 19.2 Å². The van der Waals surface area contributed by atoms with Gasteiger partial charge in [-0.15, -0.1) is 48.5 Å². The highest BCUT2D eigenvalue weighted by atomic mass is 127. The minimum Gasteiger partial charge on any atom is -0.404 e. The summed E-state index contributed by atoms with van der Waals surface area (Å²) in [6.45, 7) is 4.32. The SMILES string of the molecule is CC(C)c1csc(CN=C(N)Nc2ccccc2OC(F)(F)F)n1.I. The molecule has 5 nitrogen and oxygen atoms in total. The second-order valence-electron chi connectivity index (χ2n) is 5.19. The minimum atomic E-state index is -4.78. The number of halogens is 4. The molecule has 0 saturated carbocycles. The average Bonchev–Trinajstić information content (AvgIpc) is 2.95. The summed E-state index contributed by atoms with van der Waals surface area (Å²) in [5.74, 6) is -0.0742. The molecule has 138 valence electrons. The molecule has 0 atom stereocenters. The Hall–Kier alpha value is -1.56. The van der Waals surface area contributed by atoms with Gasteiger partial charge >= 0.3 is 6.36 Å². The molecule has 0 bridgehead atoms. The van der Waals surface area contributed by atoms with Crippen LogP contribution in [0.5, 0.6) is 5.75 Å². The van der Waals surface area contributed by atoms with Crippen LogP contribution in [0, 0.1) is 0 Å². The van der Waals surface area contributed by atoms with E-state index in [0.29, 0.717) is 5.92 Å². The number of alkyl halides is 3. The topological polar surface area (TPSA) is 72.5 Å². The fourth-order valence-corrected chi connectivity index (χ4v) is 2.66. The smallest absolute Gasteiger partial charge is 0.404 e. The van der Waals surface area contributed by atoms with E-state index in [0.717, 1.165) is 10.7 Å². The zero-order chi connectivity index (χ0) is 17.7. The molecule has 0 unspecified atom stereocenters. The summed E-state index contributed by atoms with van der Waals surface area (Å²) in [7, 11) is 0.